The third kappa shape index (κ3) is 4.04. The first-order valence-electron chi connectivity index (χ1n) is 7.81. The second-order valence-corrected chi connectivity index (χ2v) is 6.63. The second-order valence-electron chi connectivity index (χ2n) is 5.81. The molecule has 0 radical (unpaired) electrons. The molecule has 0 unspecified atom stereocenters. The van der Waals surface area contributed by atoms with Crippen LogP contribution in [0.4, 0.5) is 13.2 Å². The number of aromatic nitrogens is 2. The van der Waals surface area contributed by atoms with Crippen molar-refractivity contribution in [3.8, 4) is 5.69 Å². The van der Waals surface area contributed by atoms with Crippen LogP contribution in [0.5, 0.6) is 0 Å². The number of ether oxygens (including phenoxy) is 1. The smallest absolute Gasteiger partial charge is 0.416 e. The molecule has 27 heavy (non-hydrogen) atoms. The number of fused-ring (bicyclic) bond motifs is 1. The molecular weight excluding hydrogens is 404 g/mol. The van der Waals surface area contributed by atoms with Gasteiger partial charge in [-0.1, -0.05) is 35.3 Å². The number of aryl methyl sites for hydroxylation is 1. The number of alkyl halides is 3. The largest absolute Gasteiger partial charge is 0.469 e. The molecule has 4 nitrogen and oxygen atoms in total. The summed E-state index contributed by atoms with van der Waals surface area (Å²) in [5.41, 5.74) is 0.678. The summed E-state index contributed by atoms with van der Waals surface area (Å²) in [5, 5.41) is 4.63. The molecule has 0 bridgehead atoms. The Morgan fingerprint density at radius 3 is 2.44 bits per heavy atom. The first kappa shape index (κ1) is 19.5. The number of hydrogen-bond acceptors (Lipinski definition) is 3. The van der Waals surface area contributed by atoms with E-state index in [4.69, 9.17) is 23.2 Å². The van der Waals surface area contributed by atoms with E-state index in [9.17, 15) is 18.0 Å². The summed E-state index contributed by atoms with van der Waals surface area (Å²) in [5.74, 6) is -0.336. The maximum Gasteiger partial charge on any atom is 0.416 e. The maximum atomic E-state index is 12.9. The highest BCUT2D eigenvalue weighted by Gasteiger charge is 2.32. The highest BCUT2D eigenvalue weighted by atomic mass is 35.5. The van der Waals surface area contributed by atoms with Gasteiger partial charge in [0.25, 0.3) is 0 Å². The van der Waals surface area contributed by atoms with Gasteiger partial charge < -0.3 is 4.74 Å². The summed E-state index contributed by atoms with van der Waals surface area (Å²) >= 11 is 12.2. The molecule has 2 aromatic carbocycles. The molecule has 0 fully saturated rings. The number of rotatable bonds is 4. The van der Waals surface area contributed by atoms with Crippen molar-refractivity contribution in [1.29, 1.82) is 0 Å². The van der Waals surface area contributed by atoms with E-state index in [1.54, 1.807) is 18.3 Å². The molecule has 1 heterocycles. The molecule has 0 N–H and O–H groups in total. The van der Waals surface area contributed by atoms with E-state index >= 15 is 0 Å². The van der Waals surface area contributed by atoms with E-state index in [-0.39, 0.29) is 28.1 Å². The Balaban J connectivity index is 2.05. The maximum absolute atomic E-state index is 12.9. The standard InChI is InChI=1S/C18H13Cl2F3N2O2/c1-27-16(26)5-3-10-2-4-11-9-24-25(15(11)6-10)17-13(19)7-12(8-14(17)20)18(21,22)23/h2,4,6-9H,3,5H2,1H3. The lowest BCUT2D eigenvalue weighted by Crippen LogP contribution is -2.07. The third-order valence-corrected chi connectivity index (χ3v) is 4.61. The Morgan fingerprint density at radius 1 is 1.19 bits per heavy atom. The van der Waals surface area contributed by atoms with Crippen LogP contribution in [0.2, 0.25) is 10.0 Å². The molecule has 3 aromatic rings. The average molecular weight is 417 g/mol. The Bertz CT molecular complexity index is 992. The SMILES string of the molecule is COC(=O)CCc1ccc2cnn(-c3c(Cl)cc(C(F)(F)F)cc3Cl)c2c1. The molecule has 0 atom stereocenters. The molecule has 3 rings (SSSR count). The Hall–Kier alpha value is -2.25. The fourth-order valence-corrected chi connectivity index (χ4v) is 3.32. The lowest BCUT2D eigenvalue weighted by Gasteiger charge is -2.13. The van der Waals surface area contributed by atoms with Gasteiger partial charge in [-0.25, -0.2) is 4.68 Å². The van der Waals surface area contributed by atoms with Gasteiger partial charge in [-0.05, 0) is 30.2 Å². The van der Waals surface area contributed by atoms with Crippen LogP contribution in [0.15, 0.2) is 36.5 Å². The molecule has 142 valence electrons. The zero-order valence-corrected chi connectivity index (χ0v) is 15.5. The minimum Gasteiger partial charge on any atom is -0.469 e. The predicted octanol–water partition coefficient (Wildman–Crippen LogP) is 5.46. The van der Waals surface area contributed by atoms with Crippen molar-refractivity contribution in [2.24, 2.45) is 0 Å². The van der Waals surface area contributed by atoms with Crippen LogP contribution in [0.3, 0.4) is 0 Å². The summed E-state index contributed by atoms with van der Waals surface area (Å²) in [4.78, 5) is 11.3. The van der Waals surface area contributed by atoms with Gasteiger partial charge in [0.1, 0.15) is 5.69 Å². The van der Waals surface area contributed by atoms with Gasteiger partial charge in [0.05, 0.1) is 34.4 Å². The van der Waals surface area contributed by atoms with Crippen LogP contribution in [0.25, 0.3) is 16.6 Å². The first-order chi connectivity index (χ1) is 12.7. The molecule has 0 saturated carbocycles. The van der Waals surface area contributed by atoms with Crippen molar-refractivity contribution in [3.63, 3.8) is 0 Å². The third-order valence-electron chi connectivity index (χ3n) is 4.04. The molecule has 0 spiro atoms. The van der Waals surface area contributed by atoms with Crippen molar-refractivity contribution >= 4 is 40.1 Å². The summed E-state index contributed by atoms with van der Waals surface area (Å²) in [6.07, 6.45) is -2.34. The Labute approximate surface area is 162 Å². The number of carbonyl (C=O) groups excluding carboxylic acids is 1. The summed E-state index contributed by atoms with van der Waals surface area (Å²) < 4.78 is 44.8. The van der Waals surface area contributed by atoms with E-state index in [0.29, 0.717) is 11.9 Å². The number of benzene rings is 2. The predicted molar refractivity (Wildman–Crippen MR) is 96.4 cm³/mol. The van der Waals surface area contributed by atoms with Crippen LogP contribution < -0.4 is 0 Å². The van der Waals surface area contributed by atoms with Crippen LogP contribution in [-0.4, -0.2) is 22.9 Å². The minimum absolute atomic E-state index is 0.159. The quantitative estimate of drug-likeness (QED) is 0.530. The Kier molecular flexibility index (Phi) is 5.35. The summed E-state index contributed by atoms with van der Waals surface area (Å²) in [6.45, 7) is 0. The fraction of sp³-hybridized carbons (Fsp3) is 0.222. The lowest BCUT2D eigenvalue weighted by atomic mass is 10.1. The van der Waals surface area contributed by atoms with Gasteiger partial charge in [0, 0.05) is 11.8 Å². The second kappa shape index (κ2) is 7.40. The Morgan fingerprint density at radius 2 is 1.85 bits per heavy atom. The monoisotopic (exact) mass is 416 g/mol. The number of hydrogen-bond donors (Lipinski definition) is 0. The van der Waals surface area contributed by atoms with Crippen LogP contribution >= 0.6 is 23.2 Å². The van der Waals surface area contributed by atoms with Crippen molar-refractivity contribution in [2.75, 3.05) is 7.11 Å². The topological polar surface area (TPSA) is 44.1 Å². The van der Waals surface area contributed by atoms with Gasteiger partial charge in [0.15, 0.2) is 0 Å². The van der Waals surface area contributed by atoms with E-state index in [0.717, 1.165) is 23.1 Å². The molecule has 9 heteroatoms. The van der Waals surface area contributed by atoms with E-state index in [1.165, 1.54) is 11.8 Å². The number of halogens is 5. The van der Waals surface area contributed by atoms with Crippen LogP contribution in [0, 0.1) is 0 Å². The highest BCUT2D eigenvalue weighted by Crippen LogP contribution is 2.38. The van der Waals surface area contributed by atoms with Crippen LogP contribution in [-0.2, 0) is 22.1 Å². The van der Waals surface area contributed by atoms with Gasteiger partial charge >= 0.3 is 12.1 Å². The zero-order valence-electron chi connectivity index (χ0n) is 14.0. The van der Waals surface area contributed by atoms with Crippen molar-refractivity contribution < 1.29 is 22.7 Å². The summed E-state index contributed by atoms with van der Waals surface area (Å²) in [6, 6.07) is 7.06. The lowest BCUT2D eigenvalue weighted by molar-refractivity contribution is -0.140. The van der Waals surface area contributed by atoms with E-state index in [1.807, 2.05) is 6.07 Å². The molecule has 0 aliphatic rings. The highest BCUT2D eigenvalue weighted by molar-refractivity contribution is 6.38. The normalized spacial score (nSPS) is 11.8. The van der Waals surface area contributed by atoms with Crippen molar-refractivity contribution in [3.05, 3.63) is 57.7 Å². The van der Waals surface area contributed by atoms with Crippen molar-refractivity contribution in [2.45, 2.75) is 19.0 Å². The summed E-state index contributed by atoms with van der Waals surface area (Å²) in [7, 11) is 1.31. The molecule has 1 aromatic heterocycles. The molecule has 0 amide bonds. The first-order valence-corrected chi connectivity index (χ1v) is 8.56. The van der Waals surface area contributed by atoms with Crippen molar-refractivity contribution in [1.82, 2.24) is 9.78 Å². The number of nitrogens with zero attached hydrogens (tertiary/aromatic N) is 2. The number of carbonyl (C=O) groups is 1. The molecule has 0 aliphatic carbocycles. The van der Waals surface area contributed by atoms with Gasteiger partial charge in [0.2, 0.25) is 0 Å². The van der Waals surface area contributed by atoms with Gasteiger partial charge in [-0.3, -0.25) is 4.79 Å². The number of esters is 1. The van der Waals surface area contributed by atoms with Gasteiger partial charge in [-0.2, -0.15) is 18.3 Å². The molecular formula is C18H13Cl2F3N2O2. The van der Waals surface area contributed by atoms with E-state index in [2.05, 4.69) is 9.84 Å². The number of methoxy groups -OCH3 is 1. The zero-order chi connectivity index (χ0) is 19.8. The van der Waals surface area contributed by atoms with Crippen LogP contribution in [0.1, 0.15) is 17.5 Å². The average Bonchev–Trinajstić information content (AvgIpc) is 3.01. The molecule has 0 aliphatic heterocycles. The fourth-order valence-electron chi connectivity index (χ4n) is 2.68. The minimum atomic E-state index is -4.56. The van der Waals surface area contributed by atoms with E-state index < -0.39 is 11.7 Å². The van der Waals surface area contributed by atoms with Gasteiger partial charge in [-0.15, -0.1) is 0 Å². The molecule has 0 saturated heterocycles.